The standard InChI is InChI=1S/C30H53N7O6S.C7H8O.C3H8/c1-8-12-23(36(6)7)29(41)34-26(20(4)10-3)30(42)37(19-43-25(38)13-9-2)17-11-14-24-33-22(18-44-24)28(40)32-16-15-21(5)27(39)35-31;1-6-2-4-7(8)5-3-6;1-3-2/h18,20-21,23,26H,8-17,19,31H2,1-7H3,(H,32,40)(H,34,41)(H,35,39);2-5,8H,1H3;3H2,1-2H3. The molecule has 4 unspecified atom stereocenters. The number of phenols is 1. The molecule has 312 valence electrons. The van der Waals surface area contributed by atoms with Gasteiger partial charge in [-0.2, -0.15) is 0 Å². The average molecular weight is 792 g/mol. The number of ether oxygens (including phenoxy) is 1. The monoisotopic (exact) mass is 791 g/mol. The fraction of sp³-hybridized carbons (Fsp3) is 0.650. The molecule has 1 heterocycles. The van der Waals surface area contributed by atoms with Crippen LogP contribution >= 0.6 is 11.3 Å². The predicted octanol–water partition coefficient (Wildman–Crippen LogP) is 5.33. The normalized spacial score (nSPS) is 12.7. The van der Waals surface area contributed by atoms with E-state index in [1.165, 1.54) is 28.2 Å². The van der Waals surface area contributed by atoms with Crippen molar-refractivity contribution in [3.05, 3.63) is 45.9 Å². The van der Waals surface area contributed by atoms with Crippen LogP contribution in [-0.4, -0.2) is 95.5 Å². The van der Waals surface area contributed by atoms with Crippen LogP contribution in [0.3, 0.4) is 0 Å². The first-order valence-electron chi connectivity index (χ1n) is 19.5. The summed E-state index contributed by atoms with van der Waals surface area (Å²) in [7, 11) is 3.69. The Labute approximate surface area is 333 Å². The number of benzene rings is 1. The van der Waals surface area contributed by atoms with E-state index in [1.54, 1.807) is 24.4 Å². The van der Waals surface area contributed by atoms with Crippen molar-refractivity contribution >= 4 is 40.9 Å². The molecule has 0 aliphatic carbocycles. The van der Waals surface area contributed by atoms with Crippen molar-refractivity contribution in [1.82, 2.24) is 30.8 Å². The highest BCUT2D eigenvalue weighted by Gasteiger charge is 2.33. The molecule has 14 nitrogen and oxygen atoms in total. The minimum atomic E-state index is -0.773. The third kappa shape index (κ3) is 21.0. The number of carbonyl (C=O) groups is 5. The molecule has 0 aliphatic rings. The van der Waals surface area contributed by atoms with E-state index in [1.807, 2.05) is 65.7 Å². The number of thiazole rings is 1. The Bertz CT molecular complexity index is 1380. The van der Waals surface area contributed by atoms with E-state index in [0.717, 1.165) is 11.4 Å². The smallest absolute Gasteiger partial charge is 0.307 e. The van der Waals surface area contributed by atoms with Gasteiger partial charge in [-0.1, -0.05) is 85.4 Å². The Balaban J connectivity index is 0.00000227. The van der Waals surface area contributed by atoms with Crippen molar-refractivity contribution in [3.8, 4) is 5.75 Å². The van der Waals surface area contributed by atoms with E-state index in [0.29, 0.717) is 50.8 Å². The summed E-state index contributed by atoms with van der Waals surface area (Å²) >= 11 is 1.34. The summed E-state index contributed by atoms with van der Waals surface area (Å²) in [5.41, 5.74) is 3.55. The van der Waals surface area contributed by atoms with E-state index < -0.39 is 12.0 Å². The highest BCUT2D eigenvalue weighted by molar-refractivity contribution is 7.09. The van der Waals surface area contributed by atoms with Crippen molar-refractivity contribution in [1.29, 1.82) is 0 Å². The Hall–Kier alpha value is -4.08. The number of phenolic OH excluding ortho intramolecular Hbond substituents is 1. The van der Waals surface area contributed by atoms with Crippen molar-refractivity contribution in [2.75, 3.05) is 33.9 Å². The number of esters is 1. The summed E-state index contributed by atoms with van der Waals surface area (Å²) in [5, 5.41) is 16.9. The fourth-order valence-corrected chi connectivity index (χ4v) is 5.77. The van der Waals surface area contributed by atoms with Gasteiger partial charge < -0.3 is 25.4 Å². The molecule has 4 amide bonds. The average Bonchev–Trinajstić information content (AvgIpc) is 3.64. The Morgan fingerprint density at radius 2 is 1.60 bits per heavy atom. The molecule has 0 radical (unpaired) electrons. The molecule has 1 aromatic carbocycles. The summed E-state index contributed by atoms with van der Waals surface area (Å²) in [6, 6.07) is 5.96. The van der Waals surface area contributed by atoms with Crippen LogP contribution < -0.4 is 21.9 Å². The quantitative estimate of drug-likeness (QED) is 0.0363. The van der Waals surface area contributed by atoms with Gasteiger partial charge in [-0.15, -0.1) is 11.3 Å². The SMILES string of the molecule is CCC.CCCC(=O)OCN(CCCc1nc(C(=O)NCCC(C)C(=O)NN)cs1)C(=O)C(NC(=O)C(CCC)N(C)C)C(C)CC.Cc1ccc(O)cc1. The topological polar surface area (TPSA) is 196 Å². The van der Waals surface area contributed by atoms with Crippen LogP contribution in [0.4, 0.5) is 0 Å². The van der Waals surface area contributed by atoms with Crippen LogP contribution in [0.1, 0.15) is 121 Å². The lowest BCUT2D eigenvalue weighted by Gasteiger charge is -2.32. The molecular formula is C40H69N7O7S. The molecule has 55 heavy (non-hydrogen) atoms. The van der Waals surface area contributed by atoms with Crippen molar-refractivity contribution in [3.63, 3.8) is 0 Å². The van der Waals surface area contributed by atoms with Gasteiger partial charge in [0.05, 0.1) is 11.0 Å². The molecular weight excluding hydrogens is 723 g/mol. The molecule has 0 fully saturated rings. The molecule has 15 heteroatoms. The maximum atomic E-state index is 13.9. The van der Waals surface area contributed by atoms with Crippen molar-refractivity contribution in [2.45, 2.75) is 125 Å². The molecule has 0 saturated heterocycles. The molecule has 6 N–H and O–H groups in total. The first-order chi connectivity index (χ1) is 26.1. The lowest BCUT2D eigenvalue weighted by atomic mass is 9.97. The van der Waals surface area contributed by atoms with E-state index in [2.05, 4.69) is 34.9 Å². The number of likely N-dealkylation sites (N-methyl/N-ethyl adjacent to an activating group) is 1. The molecule has 0 spiro atoms. The largest absolute Gasteiger partial charge is 0.508 e. The van der Waals surface area contributed by atoms with Gasteiger partial charge in [0.1, 0.15) is 17.5 Å². The number of hydrazine groups is 1. The zero-order valence-corrected chi connectivity index (χ0v) is 35.7. The first kappa shape index (κ1) is 50.9. The molecule has 0 aliphatic heterocycles. The molecule has 0 bridgehead atoms. The van der Waals surface area contributed by atoms with Crippen molar-refractivity contribution in [2.24, 2.45) is 17.7 Å². The van der Waals surface area contributed by atoms with Crippen LogP contribution in [0.15, 0.2) is 29.6 Å². The minimum absolute atomic E-state index is 0.141. The Morgan fingerprint density at radius 3 is 2.13 bits per heavy atom. The number of nitrogens with zero attached hydrogens (tertiary/aromatic N) is 3. The van der Waals surface area contributed by atoms with Gasteiger partial charge in [0.15, 0.2) is 6.73 Å². The third-order valence-corrected chi connectivity index (χ3v) is 9.41. The van der Waals surface area contributed by atoms with E-state index in [4.69, 9.17) is 15.7 Å². The zero-order chi connectivity index (χ0) is 41.9. The first-order valence-corrected chi connectivity index (χ1v) is 20.4. The van der Waals surface area contributed by atoms with Gasteiger partial charge in [0, 0.05) is 37.2 Å². The molecule has 2 rings (SSSR count). The number of hydrogen-bond donors (Lipinski definition) is 5. The van der Waals surface area contributed by atoms with Crippen molar-refractivity contribution < 1.29 is 33.8 Å². The molecule has 1 aromatic heterocycles. The number of nitrogens with two attached hydrogens (primary N) is 1. The number of amides is 4. The Kier molecular flexibility index (Phi) is 27.1. The number of aryl methyl sites for hydroxylation is 2. The molecule has 2 aromatic rings. The second kappa shape index (κ2) is 29.2. The second-order valence-corrected chi connectivity index (χ2v) is 14.8. The number of nitrogens with one attached hydrogen (secondary N) is 3. The summed E-state index contributed by atoms with van der Waals surface area (Å²) in [6.45, 7) is 16.1. The Morgan fingerprint density at radius 1 is 0.964 bits per heavy atom. The van der Waals surface area contributed by atoms with Gasteiger partial charge in [-0.25, -0.2) is 10.8 Å². The maximum absolute atomic E-state index is 13.9. The summed E-state index contributed by atoms with van der Waals surface area (Å²) in [5.74, 6) is 3.47. The van der Waals surface area contributed by atoms with Crippen LogP contribution in [0, 0.1) is 18.8 Å². The summed E-state index contributed by atoms with van der Waals surface area (Å²) in [6.07, 6.45) is 5.73. The van der Waals surface area contributed by atoms with Gasteiger partial charge in [-0.05, 0) is 64.8 Å². The predicted molar refractivity (Wildman–Crippen MR) is 219 cm³/mol. The van der Waals surface area contributed by atoms with Gasteiger partial charge in [-0.3, -0.25) is 34.3 Å². The van der Waals surface area contributed by atoms with Crippen LogP contribution in [0.5, 0.6) is 5.75 Å². The van der Waals surface area contributed by atoms with E-state index in [-0.39, 0.29) is 66.9 Å². The zero-order valence-electron chi connectivity index (χ0n) is 34.9. The van der Waals surface area contributed by atoms with Gasteiger partial charge in [0.25, 0.3) is 5.91 Å². The van der Waals surface area contributed by atoms with Crippen LogP contribution in [0.2, 0.25) is 0 Å². The van der Waals surface area contributed by atoms with Gasteiger partial charge >= 0.3 is 5.97 Å². The summed E-state index contributed by atoms with van der Waals surface area (Å²) in [4.78, 5) is 71.0. The lowest BCUT2D eigenvalue weighted by molar-refractivity contribution is -0.155. The fourth-order valence-electron chi connectivity index (χ4n) is 4.95. The second-order valence-electron chi connectivity index (χ2n) is 13.9. The number of hydrogen-bond acceptors (Lipinski definition) is 11. The van der Waals surface area contributed by atoms with E-state index in [9.17, 15) is 24.0 Å². The number of aromatic hydroxyl groups is 1. The number of carbonyl (C=O) groups excluding carboxylic acids is 5. The summed E-state index contributed by atoms with van der Waals surface area (Å²) < 4.78 is 5.42. The van der Waals surface area contributed by atoms with Crippen LogP contribution in [-0.2, 0) is 30.3 Å². The third-order valence-electron chi connectivity index (χ3n) is 8.50. The van der Waals surface area contributed by atoms with Crippen LogP contribution in [0.25, 0.3) is 0 Å². The molecule has 4 atom stereocenters. The minimum Gasteiger partial charge on any atom is -0.508 e. The van der Waals surface area contributed by atoms with E-state index >= 15 is 0 Å². The number of rotatable bonds is 21. The number of aromatic nitrogens is 1. The molecule has 0 saturated carbocycles. The highest BCUT2D eigenvalue weighted by Crippen LogP contribution is 2.16. The van der Waals surface area contributed by atoms with Gasteiger partial charge in [0.2, 0.25) is 17.7 Å². The maximum Gasteiger partial charge on any atom is 0.307 e. The lowest BCUT2D eigenvalue weighted by Crippen LogP contribution is -2.56. The highest BCUT2D eigenvalue weighted by atomic mass is 32.1.